The molecule has 2 N–H and O–H groups in total. The largest absolute Gasteiger partial charge is 0.494 e. The zero-order chi connectivity index (χ0) is 15.8. The number of nitrogens with one attached hydrogen (secondary N) is 1. The van der Waals surface area contributed by atoms with E-state index in [9.17, 15) is 14.7 Å². The van der Waals surface area contributed by atoms with Gasteiger partial charge < -0.3 is 5.11 Å². The highest BCUT2D eigenvalue weighted by Crippen LogP contribution is 2.31. The predicted octanol–water partition coefficient (Wildman–Crippen LogP) is 2.72. The molecule has 0 radical (unpaired) electrons. The Hall–Kier alpha value is -1.82. The third-order valence-electron chi connectivity index (χ3n) is 2.95. The minimum Gasteiger partial charge on any atom is -0.494 e. The average Bonchev–Trinajstić information content (AvgIpc) is 2.35. The first-order valence-electron chi connectivity index (χ1n) is 6.52. The van der Waals surface area contributed by atoms with Crippen LogP contribution >= 0.6 is 15.9 Å². The third-order valence-corrected chi connectivity index (χ3v) is 3.64. The fraction of sp³-hybridized carbons (Fsp3) is 0.333. The molecule has 112 valence electrons. The molecular formula is C15H17BrN2O3. The van der Waals surface area contributed by atoms with E-state index in [1.54, 1.807) is 18.2 Å². The lowest BCUT2D eigenvalue weighted by Crippen LogP contribution is -2.34. The van der Waals surface area contributed by atoms with Gasteiger partial charge in [-0.15, -0.1) is 0 Å². The summed E-state index contributed by atoms with van der Waals surface area (Å²) >= 11 is 3.35. The summed E-state index contributed by atoms with van der Waals surface area (Å²) in [6.45, 7) is 6.14. The zero-order valence-corrected chi connectivity index (χ0v) is 13.7. The first-order chi connectivity index (χ1) is 9.70. The number of H-pyrrole nitrogens is 1. The molecule has 0 aliphatic carbocycles. The lowest BCUT2D eigenvalue weighted by molar-refractivity contribution is 0.301. The summed E-state index contributed by atoms with van der Waals surface area (Å²) in [6, 6.07) is 7.05. The number of halogens is 1. The van der Waals surface area contributed by atoms with Crippen molar-refractivity contribution < 1.29 is 5.11 Å². The maximum Gasteiger partial charge on any atom is 0.331 e. The minimum atomic E-state index is -0.608. The van der Waals surface area contributed by atoms with Gasteiger partial charge >= 0.3 is 5.69 Å². The Morgan fingerprint density at radius 1 is 1.24 bits per heavy atom. The Labute approximate surface area is 130 Å². The SMILES string of the molecule is CC(C)(C)Cn1c(O)c(-c2ccccc2Br)c(=O)[nH]c1=O. The highest BCUT2D eigenvalue weighted by Gasteiger charge is 2.21. The van der Waals surface area contributed by atoms with Gasteiger partial charge in [0.1, 0.15) is 5.56 Å². The molecule has 2 aromatic rings. The molecule has 0 atom stereocenters. The van der Waals surface area contributed by atoms with Crippen molar-refractivity contribution in [2.45, 2.75) is 27.3 Å². The molecule has 0 saturated heterocycles. The van der Waals surface area contributed by atoms with Crippen molar-refractivity contribution in [2.75, 3.05) is 0 Å². The highest BCUT2D eigenvalue weighted by atomic mass is 79.9. The van der Waals surface area contributed by atoms with Gasteiger partial charge in [-0.2, -0.15) is 0 Å². The molecule has 1 aromatic carbocycles. The van der Waals surface area contributed by atoms with Crippen LogP contribution in [0.2, 0.25) is 0 Å². The van der Waals surface area contributed by atoms with Crippen LogP contribution in [0.3, 0.4) is 0 Å². The Morgan fingerprint density at radius 3 is 2.43 bits per heavy atom. The van der Waals surface area contributed by atoms with E-state index in [1.807, 2.05) is 26.8 Å². The maximum atomic E-state index is 12.1. The second-order valence-electron chi connectivity index (χ2n) is 6.08. The van der Waals surface area contributed by atoms with E-state index >= 15 is 0 Å². The van der Waals surface area contributed by atoms with Gasteiger partial charge in [0.05, 0.1) is 0 Å². The molecule has 2 rings (SSSR count). The van der Waals surface area contributed by atoms with Crippen LogP contribution in [0.5, 0.6) is 5.88 Å². The van der Waals surface area contributed by atoms with Gasteiger partial charge in [0.25, 0.3) is 5.56 Å². The van der Waals surface area contributed by atoms with E-state index in [2.05, 4.69) is 20.9 Å². The molecule has 0 saturated carbocycles. The molecule has 0 fully saturated rings. The summed E-state index contributed by atoms with van der Waals surface area (Å²) in [5.41, 5.74) is -0.798. The molecule has 21 heavy (non-hydrogen) atoms. The van der Waals surface area contributed by atoms with Crippen LogP contribution in [-0.2, 0) is 6.54 Å². The van der Waals surface area contributed by atoms with E-state index in [4.69, 9.17) is 0 Å². The van der Waals surface area contributed by atoms with Crippen LogP contribution < -0.4 is 11.2 Å². The van der Waals surface area contributed by atoms with Crippen LogP contribution in [0.4, 0.5) is 0 Å². The highest BCUT2D eigenvalue weighted by molar-refractivity contribution is 9.10. The molecule has 1 heterocycles. The van der Waals surface area contributed by atoms with Crippen molar-refractivity contribution in [2.24, 2.45) is 5.41 Å². The second-order valence-corrected chi connectivity index (χ2v) is 6.94. The zero-order valence-electron chi connectivity index (χ0n) is 12.1. The van der Waals surface area contributed by atoms with Crippen LogP contribution in [0.1, 0.15) is 20.8 Å². The fourth-order valence-corrected chi connectivity index (χ4v) is 2.57. The summed E-state index contributed by atoms with van der Waals surface area (Å²) in [5, 5.41) is 10.4. The minimum absolute atomic E-state index is 0.0892. The van der Waals surface area contributed by atoms with Gasteiger partial charge in [-0.05, 0) is 11.5 Å². The van der Waals surface area contributed by atoms with E-state index in [-0.39, 0.29) is 16.9 Å². The molecule has 1 aromatic heterocycles. The van der Waals surface area contributed by atoms with Crippen LogP contribution in [0, 0.1) is 5.41 Å². The first-order valence-corrected chi connectivity index (χ1v) is 7.31. The Kier molecular flexibility index (Phi) is 4.09. The summed E-state index contributed by atoms with van der Waals surface area (Å²) in [7, 11) is 0. The standard InChI is InChI=1S/C15H17BrN2O3/c1-15(2,3)8-18-13(20)11(12(19)17-14(18)21)9-6-4-5-7-10(9)16/h4-7,20H,8H2,1-3H3,(H,17,19,21). The van der Waals surface area contributed by atoms with E-state index in [0.29, 0.717) is 16.6 Å². The number of nitrogens with zero attached hydrogens (tertiary/aromatic N) is 1. The third kappa shape index (κ3) is 3.26. The van der Waals surface area contributed by atoms with Gasteiger partial charge in [-0.3, -0.25) is 14.3 Å². The van der Waals surface area contributed by atoms with Crippen LogP contribution in [0.25, 0.3) is 11.1 Å². The molecule has 6 heteroatoms. The van der Waals surface area contributed by atoms with E-state index < -0.39 is 11.2 Å². The molecule has 0 spiro atoms. The molecule has 0 amide bonds. The van der Waals surface area contributed by atoms with Crippen molar-refractivity contribution >= 4 is 15.9 Å². The van der Waals surface area contributed by atoms with E-state index in [0.717, 1.165) is 0 Å². The quantitative estimate of drug-likeness (QED) is 0.872. The first kappa shape index (κ1) is 15.6. The van der Waals surface area contributed by atoms with Crippen molar-refractivity contribution in [1.29, 1.82) is 0 Å². The normalized spacial score (nSPS) is 11.6. The van der Waals surface area contributed by atoms with Gasteiger partial charge in [-0.1, -0.05) is 54.9 Å². The Bertz CT molecular complexity index is 785. The lowest BCUT2D eigenvalue weighted by atomic mass is 9.96. The number of aromatic amines is 1. The van der Waals surface area contributed by atoms with Crippen molar-refractivity contribution in [3.63, 3.8) is 0 Å². The summed E-state index contributed by atoms with van der Waals surface area (Å²) in [5.74, 6) is -0.314. The summed E-state index contributed by atoms with van der Waals surface area (Å²) < 4.78 is 1.86. The number of rotatable bonds is 2. The molecule has 0 bridgehead atoms. The lowest BCUT2D eigenvalue weighted by Gasteiger charge is -2.21. The number of hydrogen-bond acceptors (Lipinski definition) is 3. The van der Waals surface area contributed by atoms with Crippen LogP contribution in [-0.4, -0.2) is 14.7 Å². The van der Waals surface area contributed by atoms with Crippen molar-refractivity contribution in [3.05, 3.63) is 49.6 Å². The average molecular weight is 353 g/mol. The van der Waals surface area contributed by atoms with Crippen LogP contribution in [0.15, 0.2) is 38.3 Å². The number of benzene rings is 1. The number of aromatic nitrogens is 2. The molecule has 0 unspecified atom stereocenters. The van der Waals surface area contributed by atoms with Gasteiger partial charge in [0, 0.05) is 16.6 Å². The van der Waals surface area contributed by atoms with Crippen molar-refractivity contribution in [3.8, 4) is 17.0 Å². The molecule has 0 aliphatic heterocycles. The molecule has 0 aliphatic rings. The number of hydrogen-bond donors (Lipinski definition) is 2. The smallest absolute Gasteiger partial charge is 0.331 e. The van der Waals surface area contributed by atoms with Crippen molar-refractivity contribution in [1.82, 2.24) is 9.55 Å². The fourth-order valence-electron chi connectivity index (χ4n) is 2.09. The summed E-state index contributed by atoms with van der Waals surface area (Å²) in [4.78, 5) is 26.3. The van der Waals surface area contributed by atoms with Gasteiger partial charge in [0.15, 0.2) is 0 Å². The molecular weight excluding hydrogens is 336 g/mol. The van der Waals surface area contributed by atoms with Gasteiger partial charge in [0.2, 0.25) is 5.88 Å². The second kappa shape index (κ2) is 5.52. The Balaban J connectivity index is 2.74. The molecule has 5 nitrogen and oxygen atoms in total. The maximum absolute atomic E-state index is 12.1. The van der Waals surface area contributed by atoms with Gasteiger partial charge in [-0.25, -0.2) is 4.79 Å². The monoisotopic (exact) mass is 352 g/mol. The van der Waals surface area contributed by atoms with E-state index in [1.165, 1.54) is 4.57 Å². The number of aromatic hydroxyl groups is 1. The predicted molar refractivity (Wildman–Crippen MR) is 85.6 cm³/mol. The Morgan fingerprint density at radius 2 is 1.86 bits per heavy atom. The summed E-state index contributed by atoms with van der Waals surface area (Å²) in [6.07, 6.45) is 0. The topological polar surface area (TPSA) is 75.1 Å².